The van der Waals surface area contributed by atoms with Crippen LogP contribution in [0.5, 0.6) is 0 Å². The van der Waals surface area contributed by atoms with E-state index in [0.717, 1.165) is 6.42 Å². The molecule has 0 bridgehead atoms. The van der Waals surface area contributed by atoms with E-state index in [4.69, 9.17) is 0 Å². The van der Waals surface area contributed by atoms with Crippen molar-refractivity contribution in [3.8, 4) is 0 Å². The molecule has 0 aliphatic carbocycles. The Morgan fingerprint density at radius 2 is 1.82 bits per heavy atom. The summed E-state index contributed by atoms with van der Waals surface area (Å²) in [6.45, 7) is 1.95. The van der Waals surface area contributed by atoms with Gasteiger partial charge in [-0.15, -0.1) is 0 Å². The number of nitrogens with one attached hydrogen (secondary N) is 1. The Morgan fingerprint density at radius 3 is 2.45 bits per heavy atom. The Kier molecular flexibility index (Phi) is 6.09. The van der Waals surface area contributed by atoms with Crippen LogP contribution in [-0.2, 0) is 4.79 Å². The first-order chi connectivity index (χ1) is 10.7. The number of rotatable bonds is 7. The molecule has 0 fully saturated rings. The Morgan fingerprint density at radius 1 is 1.14 bits per heavy atom. The SMILES string of the molecule is CCCC(=O)Nc1ccc(C(=O)CSc2ncccn2)cc1. The van der Waals surface area contributed by atoms with E-state index in [1.165, 1.54) is 11.8 Å². The topological polar surface area (TPSA) is 72.0 Å². The van der Waals surface area contributed by atoms with Crippen LogP contribution in [0.25, 0.3) is 0 Å². The molecule has 2 aromatic rings. The number of carbonyl (C=O) groups excluding carboxylic acids is 2. The fraction of sp³-hybridized carbons (Fsp3) is 0.250. The molecule has 0 aliphatic heterocycles. The molecule has 1 aromatic carbocycles. The van der Waals surface area contributed by atoms with Crippen molar-refractivity contribution < 1.29 is 9.59 Å². The lowest BCUT2D eigenvalue weighted by Crippen LogP contribution is -2.10. The van der Waals surface area contributed by atoms with Crippen LogP contribution < -0.4 is 5.32 Å². The Balaban J connectivity index is 1.89. The summed E-state index contributed by atoms with van der Waals surface area (Å²) in [4.78, 5) is 31.7. The van der Waals surface area contributed by atoms with Gasteiger partial charge in [0.25, 0.3) is 0 Å². The van der Waals surface area contributed by atoms with Crippen molar-refractivity contribution in [2.24, 2.45) is 0 Å². The van der Waals surface area contributed by atoms with Gasteiger partial charge >= 0.3 is 0 Å². The average molecular weight is 315 g/mol. The van der Waals surface area contributed by atoms with Gasteiger partial charge in [-0.2, -0.15) is 0 Å². The van der Waals surface area contributed by atoms with Gasteiger partial charge < -0.3 is 5.32 Å². The standard InChI is InChI=1S/C16H17N3O2S/c1-2-4-15(21)19-13-7-5-12(6-8-13)14(20)11-22-16-17-9-3-10-18-16/h3,5-10H,2,4,11H2,1H3,(H,19,21). The lowest BCUT2D eigenvalue weighted by molar-refractivity contribution is -0.116. The van der Waals surface area contributed by atoms with E-state index in [0.29, 0.717) is 22.8 Å². The van der Waals surface area contributed by atoms with Gasteiger partial charge in [-0.05, 0) is 36.8 Å². The summed E-state index contributed by atoms with van der Waals surface area (Å²) in [5.41, 5.74) is 1.31. The number of hydrogen-bond acceptors (Lipinski definition) is 5. The maximum atomic E-state index is 12.1. The second kappa shape index (κ2) is 8.29. The van der Waals surface area contributed by atoms with Crippen molar-refractivity contribution in [3.05, 3.63) is 48.3 Å². The van der Waals surface area contributed by atoms with Crippen LogP contribution in [0.2, 0.25) is 0 Å². The van der Waals surface area contributed by atoms with Gasteiger partial charge in [-0.1, -0.05) is 18.7 Å². The van der Waals surface area contributed by atoms with E-state index >= 15 is 0 Å². The number of anilines is 1. The van der Waals surface area contributed by atoms with Crippen LogP contribution in [0.3, 0.4) is 0 Å². The minimum Gasteiger partial charge on any atom is -0.326 e. The van der Waals surface area contributed by atoms with Gasteiger partial charge in [0.2, 0.25) is 5.91 Å². The zero-order valence-corrected chi connectivity index (χ0v) is 13.1. The number of aromatic nitrogens is 2. The van der Waals surface area contributed by atoms with Gasteiger partial charge in [0, 0.05) is 30.1 Å². The minimum absolute atomic E-state index is 0.00360. The second-order valence-corrected chi connectivity index (χ2v) is 5.56. The molecular weight excluding hydrogens is 298 g/mol. The third-order valence-corrected chi connectivity index (χ3v) is 3.72. The Labute approximate surface area is 133 Å². The van der Waals surface area contributed by atoms with Crippen LogP contribution in [-0.4, -0.2) is 27.4 Å². The third-order valence-electron chi connectivity index (χ3n) is 2.84. The predicted octanol–water partition coefficient (Wildman–Crippen LogP) is 3.19. The largest absolute Gasteiger partial charge is 0.326 e. The van der Waals surface area contributed by atoms with Crippen molar-refractivity contribution >= 4 is 29.1 Å². The molecule has 6 heteroatoms. The van der Waals surface area contributed by atoms with Crippen molar-refractivity contribution in [2.45, 2.75) is 24.9 Å². The molecule has 5 nitrogen and oxygen atoms in total. The number of Topliss-reactive ketones (excluding diaryl/α,β-unsaturated/α-hetero) is 1. The lowest BCUT2D eigenvalue weighted by Gasteiger charge is -2.05. The predicted molar refractivity (Wildman–Crippen MR) is 87.1 cm³/mol. The highest BCUT2D eigenvalue weighted by molar-refractivity contribution is 7.99. The Hall–Kier alpha value is -2.21. The van der Waals surface area contributed by atoms with Gasteiger partial charge in [0.1, 0.15) is 0 Å². The van der Waals surface area contributed by atoms with Crippen LogP contribution >= 0.6 is 11.8 Å². The number of benzene rings is 1. The molecule has 0 saturated carbocycles. The molecule has 0 atom stereocenters. The fourth-order valence-corrected chi connectivity index (χ4v) is 2.46. The van der Waals surface area contributed by atoms with Crippen molar-refractivity contribution in [2.75, 3.05) is 11.1 Å². The Bertz CT molecular complexity index is 630. The first-order valence-electron chi connectivity index (χ1n) is 7.02. The quantitative estimate of drug-likeness (QED) is 0.482. The second-order valence-electron chi connectivity index (χ2n) is 4.62. The molecule has 0 spiro atoms. The zero-order valence-electron chi connectivity index (χ0n) is 12.3. The summed E-state index contributed by atoms with van der Waals surface area (Å²) in [6, 6.07) is 8.65. The number of thioether (sulfide) groups is 1. The molecular formula is C16H17N3O2S. The van der Waals surface area contributed by atoms with Crippen molar-refractivity contribution in [3.63, 3.8) is 0 Å². The van der Waals surface area contributed by atoms with Crippen molar-refractivity contribution in [1.82, 2.24) is 9.97 Å². The molecule has 0 saturated heterocycles. The number of amides is 1. The highest BCUT2D eigenvalue weighted by Crippen LogP contribution is 2.16. The maximum absolute atomic E-state index is 12.1. The van der Waals surface area contributed by atoms with Crippen LogP contribution in [0.1, 0.15) is 30.1 Å². The minimum atomic E-state index is -0.0154. The highest BCUT2D eigenvalue weighted by atomic mass is 32.2. The molecule has 0 aliphatic rings. The summed E-state index contributed by atoms with van der Waals surface area (Å²) in [5, 5.41) is 3.37. The molecule has 22 heavy (non-hydrogen) atoms. The monoisotopic (exact) mass is 315 g/mol. The van der Waals surface area contributed by atoms with E-state index in [2.05, 4.69) is 15.3 Å². The zero-order chi connectivity index (χ0) is 15.8. The summed E-state index contributed by atoms with van der Waals surface area (Å²) < 4.78 is 0. The summed E-state index contributed by atoms with van der Waals surface area (Å²) in [5.74, 6) is 0.271. The van der Waals surface area contributed by atoms with Gasteiger partial charge in [-0.25, -0.2) is 9.97 Å². The van der Waals surface area contributed by atoms with E-state index in [9.17, 15) is 9.59 Å². The molecule has 0 unspecified atom stereocenters. The number of ketones is 1. The van der Waals surface area contributed by atoms with E-state index in [-0.39, 0.29) is 17.4 Å². The van der Waals surface area contributed by atoms with Gasteiger partial charge in [-0.3, -0.25) is 9.59 Å². The first kappa shape index (κ1) is 16.2. The lowest BCUT2D eigenvalue weighted by atomic mass is 10.1. The average Bonchev–Trinajstić information content (AvgIpc) is 2.54. The van der Waals surface area contributed by atoms with Gasteiger partial charge in [0.15, 0.2) is 10.9 Å². The van der Waals surface area contributed by atoms with Crippen LogP contribution in [0, 0.1) is 0 Å². The summed E-state index contributed by atoms with van der Waals surface area (Å²) in [7, 11) is 0. The first-order valence-corrected chi connectivity index (χ1v) is 8.00. The molecule has 1 aromatic heterocycles. The smallest absolute Gasteiger partial charge is 0.224 e. The molecule has 1 amide bonds. The molecule has 0 radical (unpaired) electrons. The molecule has 114 valence electrons. The van der Waals surface area contributed by atoms with Crippen LogP contribution in [0.4, 0.5) is 5.69 Å². The number of carbonyl (C=O) groups is 2. The summed E-state index contributed by atoms with van der Waals surface area (Å²) >= 11 is 1.30. The van der Waals surface area contributed by atoms with E-state index < -0.39 is 0 Å². The van der Waals surface area contributed by atoms with Crippen LogP contribution in [0.15, 0.2) is 47.9 Å². The molecule has 2 rings (SSSR count). The molecule has 1 N–H and O–H groups in total. The van der Waals surface area contributed by atoms with E-state index in [1.54, 1.807) is 42.7 Å². The highest BCUT2D eigenvalue weighted by Gasteiger charge is 2.08. The number of hydrogen-bond donors (Lipinski definition) is 1. The molecule has 1 heterocycles. The maximum Gasteiger partial charge on any atom is 0.224 e. The number of nitrogens with zero attached hydrogens (tertiary/aromatic N) is 2. The summed E-state index contributed by atoms with van der Waals surface area (Å²) in [6.07, 6.45) is 4.59. The van der Waals surface area contributed by atoms with Gasteiger partial charge in [0.05, 0.1) is 5.75 Å². The van der Waals surface area contributed by atoms with E-state index in [1.807, 2.05) is 6.92 Å². The third kappa shape index (κ3) is 4.96. The van der Waals surface area contributed by atoms with Crippen molar-refractivity contribution in [1.29, 1.82) is 0 Å². The fourth-order valence-electron chi connectivity index (χ4n) is 1.76. The normalized spacial score (nSPS) is 10.2.